The van der Waals surface area contributed by atoms with E-state index in [2.05, 4.69) is 10.6 Å². The molecule has 2 amide bonds. The summed E-state index contributed by atoms with van der Waals surface area (Å²) in [6.45, 7) is 4.49. The smallest absolute Gasteiger partial charge is 0.259 e. The summed E-state index contributed by atoms with van der Waals surface area (Å²) in [7, 11) is 0. The van der Waals surface area contributed by atoms with Crippen LogP contribution >= 0.6 is 0 Å². The highest BCUT2D eigenvalue weighted by atomic mass is 16.5. The molecule has 0 saturated carbocycles. The van der Waals surface area contributed by atoms with Crippen LogP contribution in [0, 0.1) is 0 Å². The Bertz CT molecular complexity index is 1000. The molecule has 0 heterocycles. The van der Waals surface area contributed by atoms with Crippen LogP contribution in [0.2, 0.25) is 0 Å². The van der Waals surface area contributed by atoms with E-state index in [1.807, 2.05) is 50.2 Å². The maximum absolute atomic E-state index is 12.8. The van der Waals surface area contributed by atoms with Crippen LogP contribution in [-0.4, -0.2) is 18.4 Å². The van der Waals surface area contributed by atoms with Gasteiger partial charge in [0, 0.05) is 11.3 Å². The van der Waals surface area contributed by atoms with Crippen LogP contribution in [0.15, 0.2) is 78.9 Å². The third-order valence-electron chi connectivity index (χ3n) is 4.62. The fourth-order valence-electron chi connectivity index (χ4n) is 3.03. The average Bonchev–Trinajstić information content (AvgIpc) is 2.78. The molecule has 0 bridgehead atoms. The Hall–Kier alpha value is -3.60. The Morgan fingerprint density at radius 2 is 1.63 bits per heavy atom. The molecule has 0 aliphatic rings. The lowest BCUT2D eigenvalue weighted by molar-refractivity contribution is 0.0938. The molecule has 0 saturated heterocycles. The Morgan fingerprint density at radius 1 is 0.900 bits per heavy atom. The zero-order chi connectivity index (χ0) is 21.3. The molecule has 5 nitrogen and oxygen atoms in total. The van der Waals surface area contributed by atoms with E-state index in [1.165, 1.54) is 0 Å². The average molecular weight is 402 g/mol. The molecule has 2 N–H and O–H groups in total. The third-order valence-corrected chi connectivity index (χ3v) is 4.62. The quantitative estimate of drug-likeness (QED) is 0.543. The van der Waals surface area contributed by atoms with Crippen molar-refractivity contribution in [1.29, 1.82) is 0 Å². The van der Waals surface area contributed by atoms with Crippen molar-refractivity contribution in [3.63, 3.8) is 0 Å². The van der Waals surface area contributed by atoms with Gasteiger partial charge in [-0.1, -0.05) is 55.5 Å². The van der Waals surface area contributed by atoms with Gasteiger partial charge in [-0.05, 0) is 49.2 Å². The SMILES string of the molecule is CCCOc1ccccc1C(=O)Nc1cccc(C(=O)NC(C)c2ccccc2)c1. The molecule has 3 aromatic rings. The second-order valence-corrected chi connectivity index (χ2v) is 6.99. The summed E-state index contributed by atoms with van der Waals surface area (Å²) in [6.07, 6.45) is 0.856. The number of amides is 2. The molecule has 0 radical (unpaired) electrons. The summed E-state index contributed by atoms with van der Waals surface area (Å²) in [5, 5.41) is 5.84. The first kappa shape index (κ1) is 21.1. The summed E-state index contributed by atoms with van der Waals surface area (Å²) in [5.74, 6) is 0.0634. The van der Waals surface area contributed by atoms with E-state index in [0.717, 1.165) is 12.0 Å². The molecule has 1 unspecified atom stereocenters. The van der Waals surface area contributed by atoms with Crippen molar-refractivity contribution in [1.82, 2.24) is 5.32 Å². The molecule has 0 aliphatic carbocycles. The van der Waals surface area contributed by atoms with E-state index in [0.29, 0.717) is 29.2 Å². The van der Waals surface area contributed by atoms with E-state index in [4.69, 9.17) is 4.74 Å². The Balaban J connectivity index is 1.70. The van der Waals surface area contributed by atoms with Crippen molar-refractivity contribution in [3.8, 4) is 5.75 Å². The first-order valence-electron chi connectivity index (χ1n) is 10.1. The molecular formula is C25H26N2O3. The standard InChI is InChI=1S/C25H26N2O3/c1-3-16-30-23-15-8-7-14-22(23)25(29)27-21-13-9-12-20(17-21)24(28)26-18(2)19-10-5-4-6-11-19/h4-15,17-18H,3,16H2,1-2H3,(H,26,28)(H,27,29). The summed E-state index contributed by atoms with van der Waals surface area (Å²) in [5.41, 5.74) is 2.51. The number of nitrogens with one attached hydrogen (secondary N) is 2. The lowest BCUT2D eigenvalue weighted by Gasteiger charge is -2.15. The van der Waals surface area contributed by atoms with Gasteiger partial charge in [-0.2, -0.15) is 0 Å². The second-order valence-electron chi connectivity index (χ2n) is 6.99. The first-order valence-corrected chi connectivity index (χ1v) is 10.1. The van der Waals surface area contributed by atoms with Crippen molar-refractivity contribution in [2.75, 3.05) is 11.9 Å². The first-order chi connectivity index (χ1) is 14.6. The lowest BCUT2D eigenvalue weighted by atomic mass is 10.1. The fourth-order valence-corrected chi connectivity index (χ4v) is 3.03. The highest BCUT2D eigenvalue weighted by Gasteiger charge is 2.15. The van der Waals surface area contributed by atoms with Crippen molar-refractivity contribution >= 4 is 17.5 Å². The molecule has 0 aliphatic heterocycles. The minimum absolute atomic E-state index is 0.125. The van der Waals surface area contributed by atoms with Crippen molar-refractivity contribution < 1.29 is 14.3 Å². The number of ether oxygens (including phenoxy) is 1. The van der Waals surface area contributed by atoms with Gasteiger partial charge in [0.15, 0.2) is 0 Å². The van der Waals surface area contributed by atoms with Gasteiger partial charge in [0.25, 0.3) is 11.8 Å². The minimum Gasteiger partial charge on any atom is -0.493 e. The molecule has 3 aromatic carbocycles. The highest BCUT2D eigenvalue weighted by Crippen LogP contribution is 2.21. The van der Waals surface area contributed by atoms with E-state index < -0.39 is 0 Å². The summed E-state index contributed by atoms with van der Waals surface area (Å²) in [6, 6.07) is 23.7. The van der Waals surface area contributed by atoms with Crippen LogP contribution in [-0.2, 0) is 0 Å². The topological polar surface area (TPSA) is 67.4 Å². The molecule has 0 aromatic heterocycles. The Labute approximate surface area is 177 Å². The van der Waals surface area contributed by atoms with Gasteiger partial charge < -0.3 is 15.4 Å². The van der Waals surface area contributed by atoms with Gasteiger partial charge in [-0.25, -0.2) is 0 Å². The predicted octanol–water partition coefficient (Wildman–Crippen LogP) is 5.22. The molecule has 1 atom stereocenters. The molecule has 0 spiro atoms. The fraction of sp³-hybridized carbons (Fsp3) is 0.200. The van der Waals surface area contributed by atoms with E-state index >= 15 is 0 Å². The maximum atomic E-state index is 12.8. The monoisotopic (exact) mass is 402 g/mol. The number of anilines is 1. The van der Waals surface area contributed by atoms with Gasteiger partial charge >= 0.3 is 0 Å². The van der Waals surface area contributed by atoms with Crippen LogP contribution in [0.3, 0.4) is 0 Å². The van der Waals surface area contributed by atoms with Crippen LogP contribution in [0.25, 0.3) is 0 Å². The van der Waals surface area contributed by atoms with Gasteiger partial charge in [0.1, 0.15) is 5.75 Å². The van der Waals surface area contributed by atoms with Gasteiger partial charge in [-0.15, -0.1) is 0 Å². The van der Waals surface area contributed by atoms with Crippen molar-refractivity contribution in [2.45, 2.75) is 26.3 Å². The van der Waals surface area contributed by atoms with Crippen LogP contribution in [0.1, 0.15) is 52.6 Å². The summed E-state index contributed by atoms with van der Waals surface area (Å²) < 4.78 is 5.67. The van der Waals surface area contributed by atoms with Crippen LogP contribution in [0.4, 0.5) is 5.69 Å². The maximum Gasteiger partial charge on any atom is 0.259 e. The Morgan fingerprint density at radius 3 is 2.40 bits per heavy atom. The summed E-state index contributed by atoms with van der Waals surface area (Å²) >= 11 is 0. The lowest BCUT2D eigenvalue weighted by Crippen LogP contribution is -2.26. The number of hydrogen-bond acceptors (Lipinski definition) is 3. The zero-order valence-corrected chi connectivity index (χ0v) is 17.2. The van der Waals surface area contributed by atoms with Gasteiger partial charge in [0.05, 0.1) is 18.2 Å². The molecule has 5 heteroatoms. The zero-order valence-electron chi connectivity index (χ0n) is 17.2. The normalized spacial score (nSPS) is 11.4. The number of hydrogen-bond donors (Lipinski definition) is 2. The molecular weight excluding hydrogens is 376 g/mol. The molecule has 3 rings (SSSR count). The summed E-state index contributed by atoms with van der Waals surface area (Å²) in [4.78, 5) is 25.4. The molecule has 30 heavy (non-hydrogen) atoms. The molecule has 0 fully saturated rings. The van der Waals surface area contributed by atoms with Crippen LogP contribution in [0.5, 0.6) is 5.75 Å². The highest BCUT2D eigenvalue weighted by molar-refractivity contribution is 6.06. The third kappa shape index (κ3) is 5.47. The number of benzene rings is 3. The number of rotatable bonds is 8. The van der Waals surface area contributed by atoms with E-state index in [-0.39, 0.29) is 17.9 Å². The molecule has 154 valence electrons. The predicted molar refractivity (Wildman–Crippen MR) is 119 cm³/mol. The van der Waals surface area contributed by atoms with Crippen molar-refractivity contribution in [3.05, 3.63) is 95.6 Å². The second kappa shape index (κ2) is 10.3. The Kier molecular flexibility index (Phi) is 7.22. The largest absolute Gasteiger partial charge is 0.493 e. The number of para-hydroxylation sites is 1. The van der Waals surface area contributed by atoms with Gasteiger partial charge in [0.2, 0.25) is 0 Å². The number of carbonyl (C=O) groups excluding carboxylic acids is 2. The number of carbonyl (C=O) groups is 2. The van der Waals surface area contributed by atoms with E-state index in [9.17, 15) is 9.59 Å². The van der Waals surface area contributed by atoms with Gasteiger partial charge in [-0.3, -0.25) is 9.59 Å². The van der Waals surface area contributed by atoms with E-state index in [1.54, 1.807) is 42.5 Å². The minimum atomic E-state index is -0.281. The van der Waals surface area contributed by atoms with Crippen molar-refractivity contribution in [2.24, 2.45) is 0 Å². The van der Waals surface area contributed by atoms with Crippen LogP contribution < -0.4 is 15.4 Å².